The average Bonchev–Trinajstić information content (AvgIpc) is 2.41. The zero-order valence-corrected chi connectivity index (χ0v) is 14.2. The standard InChI is InChI=1S/C18H25NO3/c1-11(2)15(17(20)21)19-16-13(8-7-9-14(16)22-6)12(3)10-18(19,4)5/h7-11,15H,1-6H3,(H,20,21)/t15-/m0/s1. The van der Waals surface area contributed by atoms with E-state index in [9.17, 15) is 9.90 Å². The van der Waals surface area contributed by atoms with Crippen molar-refractivity contribution >= 4 is 17.2 Å². The lowest BCUT2D eigenvalue weighted by molar-refractivity contribution is -0.140. The lowest BCUT2D eigenvalue weighted by Crippen LogP contribution is -2.56. The van der Waals surface area contributed by atoms with Crippen LogP contribution in [-0.2, 0) is 4.79 Å². The minimum atomic E-state index is -0.812. The molecule has 4 heteroatoms. The van der Waals surface area contributed by atoms with Crippen LogP contribution < -0.4 is 9.64 Å². The summed E-state index contributed by atoms with van der Waals surface area (Å²) in [6.45, 7) is 10.0. The molecule has 22 heavy (non-hydrogen) atoms. The van der Waals surface area contributed by atoms with E-state index in [1.54, 1.807) is 7.11 Å². The van der Waals surface area contributed by atoms with Gasteiger partial charge in [-0.3, -0.25) is 0 Å². The second-order valence-corrected chi connectivity index (χ2v) is 6.73. The average molecular weight is 303 g/mol. The van der Waals surface area contributed by atoms with Crippen LogP contribution in [0.4, 0.5) is 5.69 Å². The molecule has 4 nitrogen and oxygen atoms in total. The van der Waals surface area contributed by atoms with E-state index in [-0.39, 0.29) is 5.92 Å². The van der Waals surface area contributed by atoms with E-state index in [2.05, 4.69) is 13.0 Å². The van der Waals surface area contributed by atoms with Gasteiger partial charge in [-0.15, -0.1) is 0 Å². The summed E-state index contributed by atoms with van der Waals surface area (Å²) in [6, 6.07) is 5.23. The van der Waals surface area contributed by atoms with Gasteiger partial charge in [-0.1, -0.05) is 32.1 Å². The van der Waals surface area contributed by atoms with Crippen molar-refractivity contribution in [3.63, 3.8) is 0 Å². The fourth-order valence-electron chi connectivity index (χ4n) is 3.41. The molecule has 0 spiro atoms. The van der Waals surface area contributed by atoms with Gasteiger partial charge in [0.05, 0.1) is 18.3 Å². The van der Waals surface area contributed by atoms with Crippen molar-refractivity contribution in [1.29, 1.82) is 0 Å². The fourth-order valence-corrected chi connectivity index (χ4v) is 3.41. The molecule has 1 atom stereocenters. The number of ether oxygens (including phenoxy) is 1. The first-order valence-electron chi connectivity index (χ1n) is 7.59. The molecule has 1 heterocycles. The molecule has 1 aliphatic rings. The Morgan fingerprint density at radius 1 is 1.32 bits per heavy atom. The van der Waals surface area contributed by atoms with Gasteiger partial charge in [0, 0.05) is 5.56 Å². The number of hydrogen-bond acceptors (Lipinski definition) is 3. The molecule has 0 radical (unpaired) electrons. The maximum atomic E-state index is 11.9. The SMILES string of the molecule is COc1cccc2c1N([C@H](C(=O)O)C(C)C)C(C)(C)C=C2C. The number of allylic oxidation sites excluding steroid dienone is 1. The van der Waals surface area contributed by atoms with E-state index in [4.69, 9.17) is 4.74 Å². The highest BCUT2D eigenvalue weighted by Crippen LogP contribution is 2.46. The van der Waals surface area contributed by atoms with Crippen molar-refractivity contribution < 1.29 is 14.6 Å². The number of nitrogens with zero attached hydrogens (tertiary/aromatic N) is 1. The first kappa shape index (κ1) is 16.4. The number of aliphatic carboxylic acids is 1. The molecule has 2 rings (SSSR count). The van der Waals surface area contributed by atoms with Crippen LogP contribution in [0.15, 0.2) is 24.3 Å². The van der Waals surface area contributed by atoms with Gasteiger partial charge in [-0.25, -0.2) is 4.79 Å². The van der Waals surface area contributed by atoms with Crippen LogP contribution in [0.25, 0.3) is 5.57 Å². The molecule has 1 aromatic rings. The summed E-state index contributed by atoms with van der Waals surface area (Å²) in [5.41, 5.74) is 2.64. The maximum absolute atomic E-state index is 11.9. The fraction of sp³-hybridized carbons (Fsp3) is 0.500. The van der Waals surface area contributed by atoms with Crippen LogP contribution in [0.1, 0.15) is 40.2 Å². The minimum absolute atomic E-state index is 0.0265. The second kappa shape index (κ2) is 5.67. The molecule has 0 bridgehead atoms. The third-order valence-electron chi connectivity index (χ3n) is 4.24. The van der Waals surface area contributed by atoms with Gasteiger partial charge in [0.15, 0.2) is 0 Å². The van der Waals surface area contributed by atoms with Crippen molar-refractivity contribution in [2.24, 2.45) is 5.92 Å². The number of carboxylic acids is 1. The molecule has 0 saturated heterocycles. The molecule has 1 N–H and O–H groups in total. The monoisotopic (exact) mass is 303 g/mol. The highest BCUT2D eigenvalue weighted by Gasteiger charge is 2.42. The number of carboxylic acid groups (broad SMARTS) is 1. The van der Waals surface area contributed by atoms with E-state index in [1.807, 2.05) is 50.8 Å². The molecular formula is C18H25NO3. The number of fused-ring (bicyclic) bond motifs is 1. The van der Waals surface area contributed by atoms with Gasteiger partial charge in [-0.05, 0) is 38.3 Å². The van der Waals surface area contributed by atoms with Crippen LogP contribution in [0.3, 0.4) is 0 Å². The lowest BCUT2D eigenvalue weighted by Gasteiger charge is -2.47. The smallest absolute Gasteiger partial charge is 0.326 e. The Bertz CT molecular complexity index is 617. The second-order valence-electron chi connectivity index (χ2n) is 6.73. The van der Waals surface area contributed by atoms with Crippen LogP contribution in [0.2, 0.25) is 0 Å². The first-order chi connectivity index (χ1) is 10.2. The van der Waals surface area contributed by atoms with Gasteiger partial charge in [0.2, 0.25) is 0 Å². The number of methoxy groups -OCH3 is 1. The largest absolute Gasteiger partial charge is 0.495 e. The quantitative estimate of drug-likeness (QED) is 0.919. The first-order valence-corrected chi connectivity index (χ1v) is 7.59. The Kier molecular flexibility index (Phi) is 4.23. The van der Waals surface area contributed by atoms with Crippen LogP contribution in [0.5, 0.6) is 5.75 Å². The molecule has 120 valence electrons. The normalized spacial score (nSPS) is 17.8. The number of hydrogen-bond donors (Lipinski definition) is 1. The zero-order valence-electron chi connectivity index (χ0n) is 14.2. The van der Waals surface area contributed by atoms with E-state index < -0.39 is 17.6 Å². The van der Waals surface area contributed by atoms with Gasteiger partial charge >= 0.3 is 5.97 Å². The Morgan fingerprint density at radius 2 is 1.95 bits per heavy atom. The summed E-state index contributed by atoms with van der Waals surface area (Å²) in [5.74, 6) is -0.126. The molecular weight excluding hydrogens is 278 g/mol. The van der Waals surface area contributed by atoms with E-state index >= 15 is 0 Å². The summed E-state index contributed by atoms with van der Waals surface area (Å²) in [6.07, 6.45) is 2.13. The molecule has 0 saturated carbocycles. The summed E-state index contributed by atoms with van der Waals surface area (Å²) >= 11 is 0. The summed E-state index contributed by atoms with van der Waals surface area (Å²) < 4.78 is 5.53. The third kappa shape index (κ3) is 2.58. The minimum Gasteiger partial charge on any atom is -0.495 e. The van der Waals surface area contributed by atoms with Crippen LogP contribution in [0, 0.1) is 5.92 Å². The van der Waals surface area contributed by atoms with Crippen LogP contribution >= 0.6 is 0 Å². The van der Waals surface area contributed by atoms with Gasteiger partial charge in [-0.2, -0.15) is 0 Å². The van der Waals surface area contributed by atoms with E-state index in [0.717, 1.165) is 16.8 Å². The summed E-state index contributed by atoms with van der Waals surface area (Å²) in [4.78, 5) is 13.9. The Morgan fingerprint density at radius 3 is 2.45 bits per heavy atom. The van der Waals surface area contributed by atoms with Crippen molar-refractivity contribution in [3.05, 3.63) is 29.8 Å². The number of anilines is 1. The van der Waals surface area contributed by atoms with Crippen molar-refractivity contribution in [3.8, 4) is 5.75 Å². The molecule has 0 aliphatic carbocycles. The summed E-state index contributed by atoms with van der Waals surface area (Å²) in [5, 5.41) is 9.78. The molecule has 0 unspecified atom stereocenters. The Hall–Kier alpha value is -1.97. The van der Waals surface area contributed by atoms with E-state index in [0.29, 0.717) is 5.75 Å². The van der Waals surface area contributed by atoms with E-state index in [1.165, 1.54) is 0 Å². The summed E-state index contributed by atoms with van der Waals surface area (Å²) in [7, 11) is 1.62. The Balaban J connectivity index is 2.75. The lowest BCUT2D eigenvalue weighted by atomic mass is 9.85. The predicted octanol–water partition coefficient (Wildman–Crippen LogP) is 3.81. The number of rotatable bonds is 4. The van der Waals surface area contributed by atoms with Crippen molar-refractivity contribution in [2.45, 2.75) is 46.2 Å². The molecule has 1 aromatic carbocycles. The molecule has 1 aliphatic heterocycles. The number of benzene rings is 1. The zero-order chi connectivity index (χ0) is 16.7. The molecule has 0 amide bonds. The Labute approximate surface area is 132 Å². The maximum Gasteiger partial charge on any atom is 0.326 e. The highest BCUT2D eigenvalue weighted by atomic mass is 16.5. The highest BCUT2D eigenvalue weighted by molar-refractivity contribution is 5.89. The molecule has 0 fully saturated rings. The van der Waals surface area contributed by atoms with Crippen molar-refractivity contribution in [2.75, 3.05) is 12.0 Å². The topological polar surface area (TPSA) is 49.8 Å². The predicted molar refractivity (Wildman–Crippen MR) is 89.5 cm³/mol. The van der Waals surface area contributed by atoms with Crippen LogP contribution in [-0.4, -0.2) is 29.8 Å². The van der Waals surface area contributed by atoms with Gasteiger partial charge in [0.25, 0.3) is 0 Å². The number of para-hydroxylation sites is 1. The third-order valence-corrected chi connectivity index (χ3v) is 4.24. The number of carbonyl (C=O) groups is 1. The molecule has 0 aromatic heterocycles. The van der Waals surface area contributed by atoms with Gasteiger partial charge < -0.3 is 14.7 Å². The van der Waals surface area contributed by atoms with Gasteiger partial charge in [0.1, 0.15) is 11.8 Å². The van der Waals surface area contributed by atoms with Crippen molar-refractivity contribution in [1.82, 2.24) is 0 Å².